The van der Waals surface area contributed by atoms with Crippen molar-refractivity contribution in [1.82, 2.24) is 9.03 Å². The minimum absolute atomic E-state index is 0.218. The molecule has 0 aromatic carbocycles. The average molecular weight is 212 g/mol. The predicted octanol–water partition coefficient (Wildman–Crippen LogP) is -1.87. The Morgan fingerprint density at radius 1 is 1.46 bits per heavy atom. The van der Waals surface area contributed by atoms with Crippen molar-refractivity contribution in [3.63, 3.8) is 0 Å². The van der Waals surface area contributed by atoms with E-state index in [1.165, 1.54) is 21.0 Å². The standard InChI is InChI=1S/C6H16N2O4S/c1-6(10,5-9)4-7-13(11,12)8(2)3/h7,9-10H,4-5H2,1-3H3. The zero-order chi connectivity index (χ0) is 10.7. The van der Waals surface area contributed by atoms with Crippen LogP contribution in [0.3, 0.4) is 0 Å². The molecule has 6 nitrogen and oxygen atoms in total. The molecule has 0 fully saturated rings. The summed E-state index contributed by atoms with van der Waals surface area (Å²) in [6.45, 7) is 0.623. The Bertz CT molecular complexity index is 247. The second kappa shape index (κ2) is 4.34. The van der Waals surface area contributed by atoms with E-state index in [1.807, 2.05) is 0 Å². The van der Waals surface area contributed by atoms with E-state index >= 15 is 0 Å². The van der Waals surface area contributed by atoms with Crippen molar-refractivity contribution in [2.45, 2.75) is 12.5 Å². The van der Waals surface area contributed by atoms with Crippen LogP contribution in [-0.4, -0.2) is 55.8 Å². The summed E-state index contributed by atoms with van der Waals surface area (Å²) in [6.07, 6.45) is 0. The molecule has 0 radical (unpaired) electrons. The fraction of sp³-hybridized carbons (Fsp3) is 1.00. The van der Waals surface area contributed by atoms with Gasteiger partial charge in [-0.05, 0) is 6.92 Å². The van der Waals surface area contributed by atoms with Gasteiger partial charge in [0.2, 0.25) is 0 Å². The van der Waals surface area contributed by atoms with Crippen molar-refractivity contribution in [2.24, 2.45) is 0 Å². The van der Waals surface area contributed by atoms with E-state index in [2.05, 4.69) is 4.72 Å². The summed E-state index contributed by atoms with van der Waals surface area (Å²) in [5.74, 6) is 0. The highest BCUT2D eigenvalue weighted by atomic mass is 32.2. The Labute approximate surface area is 78.4 Å². The second-order valence-corrected chi connectivity index (χ2v) is 5.23. The van der Waals surface area contributed by atoms with Crippen molar-refractivity contribution >= 4 is 10.2 Å². The SMILES string of the molecule is CN(C)S(=O)(=O)NCC(C)(O)CO. The molecular weight excluding hydrogens is 196 g/mol. The molecule has 0 aliphatic rings. The lowest BCUT2D eigenvalue weighted by molar-refractivity contribution is 0.00661. The van der Waals surface area contributed by atoms with Gasteiger partial charge in [-0.25, -0.2) is 0 Å². The first kappa shape index (κ1) is 12.8. The Kier molecular flexibility index (Phi) is 4.27. The van der Waals surface area contributed by atoms with E-state index in [-0.39, 0.29) is 6.54 Å². The molecule has 1 atom stereocenters. The van der Waals surface area contributed by atoms with E-state index in [4.69, 9.17) is 5.11 Å². The van der Waals surface area contributed by atoms with Gasteiger partial charge in [-0.15, -0.1) is 0 Å². The highest BCUT2D eigenvalue weighted by Gasteiger charge is 2.22. The molecule has 0 amide bonds. The summed E-state index contributed by atoms with van der Waals surface area (Å²) in [4.78, 5) is 0. The third-order valence-electron chi connectivity index (χ3n) is 1.46. The summed E-state index contributed by atoms with van der Waals surface area (Å²) < 4.78 is 25.4. The van der Waals surface area contributed by atoms with Crippen LogP contribution in [0.1, 0.15) is 6.92 Å². The Balaban J connectivity index is 4.19. The topological polar surface area (TPSA) is 89.9 Å². The molecule has 13 heavy (non-hydrogen) atoms. The predicted molar refractivity (Wildman–Crippen MR) is 48.3 cm³/mol. The lowest BCUT2D eigenvalue weighted by atomic mass is 10.1. The number of nitrogens with one attached hydrogen (secondary N) is 1. The molecule has 0 spiro atoms. The molecule has 0 aliphatic heterocycles. The molecule has 80 valence electrons. The Morgan fingerprint density at radius 3 is 2.23 bits per heavy atom. The van der Waals surface area contributed by atoms with Gasteiger partial charge in [-0.2, -0.15) is 17.4 Å². The number of aliphatic hydroxyl groups excluding tert-OH is 1. The van der Waals surface area contributed by atoms with Gasteiger partial charge in [0, 0.05) is 20.6 Å². The zero-order valence-corrected chi connectivity index (χ0v) is 8.80. The van der Waals surface area contributed by atoms with Crippen LogP contribution in [0.5, 0.6) is 0 Å². The average Bonchev–Trinajstić information content (AvgIpc) is 2.01. The summed E-state index contributed by atoms with van der Waals surface area (Å²) in [5, 5.41) is 17.9. The summed E-state index contributed by atoms with van der Waals surface area (Å²) in [7, 11) is -0.787. The van der Waals surface area contributed by atoms with Crippen LogP contribution < -0.4 is 4.72 Å². The van der Waals surface area contributed by atoms with Gasteiger partial charge in [-0.1, -0.05) is 0 Å². The van der Waals surface area contributed by atoms with Gasteiger partial charge < -0.3 is 10.2 Å². The Morgan fingerprint density at radius 2 is 1.92 bits per heavy atom. The van der Waals surface area contributed by atoms with Gasteiger partial charge in [0.05, 0.1) is 12.2 Å². The fourth-order valence-corrected chi connectivity index (χ4v) is 1.18. The largest absolute Gasteiger partial charge is 0.393 e. The van der Waals surface area contributed by atoms with Crippen molar-refractivity contribution in [2.75, 3.05) is 27.2 Å². The third kappa shape index (κ3) is 4.53. The molecule has 0 rings (SSSR count). The minimum Gasteiger partial charge on any atom is -0.393 e. The van der Waals surface area contributed by atoms with Crippen LogP contribution in [0.4, 0.5) is 0 Å². The van der Waals surface area contributed by atoms with E-state index in [0.29, 0.717) is 0 Å². The minimum atomic E-state index is -3.53. The van der Waals surface area contributed by atoms with Gasteiger partial charge in [-0.3, -0.25) is 0 Å². The second-order valence-electron chi connectivity index (χ2n) is 3.26. The van der Waals surface area contributed by atoms with Crippen molar-refractivity contribution < 1.29 is 18.6 Å². The smallest absolute Gasteiger partial charge is 0.279 e. The number of hydrogen-bond donors (Lipinski definition) is 3. The molecule has 0 aromatic rings. The molecule has 0 aliphatic carbocycles. The van der Waals surface area contributed by atoms with E-state index in [1.54, 1.807) is 0 Å². The summed E-state index contributed by atoms with van der Waals surface area (Å²) in [5.41, 5.74) is -1.43. The zero-order valence-electron chi connectivity index (χ0n) is 7.98. The first-order valence-corrected chi connectivity index (χ1v) is 5.16. The summed E-state index contributed by atoms with van der Waals surface area (Å²) in [6, 6.07) is 0. The number of nitrogens with zero attached hydrogens (tertiary/aromatic N) is 1. The van der Waals surface area contributed by atoms with Crippen LogP contribution in [0.2, 0.25) is 0 Å². The van der Waals surface area contributed by atoms with Crippen LogP contribution in [0.15, 0.2) is 0 Å². The van der Waals surface area contributed by atoms with Gasteiger partial charge >= 0.3 is 0 Å². The third-order valence-corrected chi connectivity index (χ3v) is 2.93. The highest BCUT2D eigenvalue weighted by Crippen LogP contribution is 2.00. The maximum atomic E-state index is 11.1. The van der Waals surface area contributed by atoms with Crippen LogP contribution in [0, 0.1) is 0 Å². The molecule has 3 N–H and O–H groups in total. The molecule has 0 aromatic heterocycles. The van der Waals surface area contributed by atoms with Crippen molar-refractivity contribution in [3.05, 3.63) is 0 Å². The van der Waals surface area contributed by atoms with Crippen LogP contribution in [-0.2, 0) is 10.2 Å². The lowest BCUT2D eigenvalue weighted by Crippen LogP contribution is -2.46. The van der Waals surface area contributed by atoms with Crippen molar-refractivity contribution in [3.8, 4) is 0 Å². The van der Waals surface area contributed by atoms with Gasteiger partial charge in [0.15, 0.2) is 0 Å². The van der Waals surface area contributed by atoms with Crippen molar-refractivity contribution in [1.29, 1.82) is 0 Å². The van der Waals surface area contributed by atoms with Gasteiger partial charge in [0.25, 0.3) is 10.2 Å². The first-order valence-electron chi connectivity index (χ1n) is 3.71. The normalized spacial score (nSPS) is 17.4. The number of aliphatic hydroxyl groups is 2. The van der Waals surface area contributed by atoms with Crippen LogP contribution in [0.25, 0.3) is 0 Å². The molecule has 0 heterocycles. The first-order chi connectivity index (χ1) is 5.71. The molecule has 0 saturated carbocycles. The number of hydrogen-bond acceptors (Lipinski definition) is 4. The fourth-order valence-electron chi connectivity index (χ4n) is 0.432. The van der Waals surface area contributed by atoms with E-state index in [0.717, 1.165) is 4.31 Å². The highest BCUT2D eigenvalue weighted by molar-refractivity contribution is 7.87. The lowest BCUT2D eigenvalue weighted by Gasteiger charge is -2.21. The maximum Gasteiger partial charge on any atom is 0.279 e. The molecule has 0 saturated heterocycles. The maximum absolute atomic E-state index is 11.1. The van der Waals surface area contributed by atoms with Crippen LogP contribution >= 0.6 is 0 Å². The molecule has 0 bridgehead atoms. The molecule has 1 unspecified atom stereocenters. The summed E-state index contributed by atoms with van der Waals surface area (Å²) >= 11 is 0. The number of rotatable bonds is 5. The van der Waals surface area contributed by atoms with E-state index < -0.39 is 22.4 Å². The molecule has 7 heteroatoms. The quantitative estimate of drug-likeness (QED) is 0.498. The molecular formula is C6H16N2O4S. The Hall–Kier alpha value is -0.210. The van der Waals surface area contributed by atoms with Gasteiger partial charge in [0.1, 0.15) is 0 Å². The van der Waals surface area contributed by atoms with E-state index in [9.17, 15) is 13.5 Å². The monoisotopic (exact) mass is 212 g/mol.